The molecule has 4 aromatic rings. The number of carbonyl (C=O) groups excluding carboxylic acids is 1. The summed E-state index contributed by atoms with van der Waals surface area (Å²) in [6.07, 6.45) is 4.12. The molecule has 0 unspecified atom stereocenters. The Bertz CT molecular complexity index is 1300. The normalized spacial score (nSPS) is 10.8. The molecule has 0 aliphatic heterocycles. The zero-order valence-corrected chi connectivity index (χ0v) is 15.1. The summed E-state index contributed by atoms with van der Waals surface area (Å²) < 4.78 is 16.6. The lowest BCUT2D eigenvalue weighted by molar-refractivity contribution is 0.100. The summed E-state index contributed by atoms with van der Waals surface area (Å²) in [4.78, 5) is 32.7. The minimum atomic E-state index is -0.681. The molecule has 0 bridgehead atoms. The first-order valence-corrected chi connectivity index (χ1v) is 8.45. The lowest BCUT2D eigenvalue weighted by atomic mass is 10.3. The molecule has 29 heavy (non-hydrogen) atoms. The van der Waals surface area contributed by atoms with Gasteiger partial charge >= 0.3 is 0 Å². The van der Waals surface area contributed by atoms with Crippen LogP contribution in [0.4, 0.5) is 21.7 Å². The predicted molar refractivity (Wildman–Crippen MR) is 104 cm³/mol. The van der Waals surface area contributed by atoms with Gasteiger partial charge in [0.15, 0.2) is 17.3 Å². The van der Waals surface area contributed by atoms with E-state index in [-0.39, 0.29) is 28.5 Å². The molecule has 4 heterocycles. The molecule has 1 amide bonds. The number of nitrogens with two attached hydrogens (primary N) is 1. The van der Waals surface area contributed by atoms with Gasteiger partial charge in [0.2, 0.25) is 0 Å². The molecule has 0 atom stereocenters. The maximum Gasteiger partial charge on any atom is 0.280 e. The van der Waals surface area contributed by atoms with Crippen LogP contribution < -0.4 is 21.9 Å². The smallest absolute Gasteiger partial charge is 0.280 e. The number of nitrogens with zero attached hydrogens (tertiary/aromatic N) is 5. The summed E-state index contributed by atoms with van der Waals surface area (Å²) in [6.45, 7) is 0. The van der Waals surface area contributed by atoms with Gasteiger partial charge in [0.05, 0.1) is 6.20 Å². The van der Waals surface area contributed by atoms with E-state index in [9.17, 15) is 14.0 Å². The highest BCUT2D eigenvalue weighted by Crippen LogP contribution is 2.20. The third-order valence-electron chi connectivity index (χ3n) is 4.17. The van der Waals surface area contributed by atoms with E-state index in [1.807, 2.05) is 0 Å². The minimum absolute atomic E-state index is 0.118. The van der Waals surface area contributed by atoms with Crippen molar-refractivity contribution in [3.63, 3.8) is 0 Å². The topological polar surface area (TPSA) is 132 Å². The Morgan fingerprint density at radius 1 is 1.28 bits per heavy atom. The van der Waals surface area contributed by atoms with Crippen LogP contribution in [-0.4, -0.2) is 37.1 Å². The van der Waals surface area contributed by atoms with Crippen molar-refractivity contribution in [3.8, 4) is 5.82 Å². The van der Waals surface area contributed by atoms with Crippen molar-refractivity contribution in [2.24, 2.45) is 5.73 Å². The van der Waals surface area contributed by atoms with Crippen LogP contribution >= 0.6 is 0 Å². The van der Waals surface area contributed by atoms with Gasteiger partial charge in [-0.1, -0.05) is 0 Å². The number of fused-ring (bicyclic) bond motifs is 1. The van der Waals surface area contributed by atoms with E-state index < -0.39 is 17.3 Å². The second kappa shape index (κ2) is 7.03. The Kier molecular flexibility index (Phi) is 4.39. The van der Waals surface area contributed by atoms with Crippen LogP contribution in [0.5, 0.6) is 0 Å². The number of hydrogen-bond acceptors (Lipinski definition) is 7. The molecule has 0 saturated heterocycles. The van der Waals surface area contributed by atoms with E-state index in [1.165, 1.54) is 41.3 Å². The fraction of sp³-hybridized carbons (Fsp3) is 0.0556. The molecule has 0 aliphatic carbocycles. The van der Waals surface area contributed by atoms with Crippen molar-refractivity contribution in [2.75, 3.05) is 17.7 Å². The van der Waals surface area contributed by atoms with Gasteiger partial charge in [-0.05, 0) is 24.3 Å². The number of nitrogens with one attached hydrogen (secondary N) is 2. The van der Waals surface area contributed by atoms with Crippen LogP contribution in [-0.2, 0) is 0 Å². The minimum Gasteiger partial charge on any atom is -0.373 e. The van der Waals surface area contributed by atoms with Gasteiger partial charge in [0.25, 0.3) is 11.5 Å². The maximum atomic E-state index is 14.1. The maximum absolute atomic E-state index is 14.1. The van der Waals surface area contributed by atoms with Gasteiger partial charge in [-0.3, -0.25) is 14.2 Å². The number of anilines is 3. The summed E-state index contributed by atoms with van der Waals surface area (Å²) >= 11 is 0. The predicted octanol–water partition coefficient (Wildman–Crippen LogP) is 1.30. The second-order valence-electron chi connectivity index (χ2n) is 5.97. The number of aromatic nitrogens is 5. The van der Waals surface area contributed by atoms with Crippen LogP contribution in [0.15, 0.2) is 53.7 Å². The van der Waals surface area contributed by atoms with Gasteiger partial charge < -0.3 is 16.4 Å². The average molecular weight is 394 g/mol. The number of pyridine rings is 2. The first-order chi connectivity index (χ1) is 14.0. The Labute approximate surface area is 162 Å². The van der Waals surface area contributed by atoms with Crippen LogP contribution in [0.3, 0.4) is 0 Å². The molecule has 0 fully saturated rings. The lowest BCUT2D eigenvalue weighted by Gasteiger charge is -2.11. The third kappa shape index (κ3) is 3.14. The zero-order chi connectivity index (χ0) is 20.5. The van der Waals surface area contributed by atoms with Crippen molar-refractivity contribution in [1.29, 1.82) is 0 Å². The van der Waals surface area contributed by atoms with Crippen molar-refractivity contribution in [2.45, 2.75) is 0 Å². The third-order valence-corrected chi connectivity index (χ3v) is 4.17. The quantitative estimate of drug-likeness (QED) is 0.465. The highest BCUT2D eigenvalue weighted by Gasteiger charge is 2.16. The fourth-order valence-corrected chi connectivity index (χ4v) is 2.83. The van der Waals surface area contributed by atoms with Gasteiger partial charge in [0.1, 0.15) is 22.9 Å². The van der Waals surface area contributed by atoms with Crippen molar-refractivity contribution < 1.29 is 9.18 Å². The second-order valence-corrected chi connectivity index (χ2v) is 5.97. The molecule has 4 N–H and O–H groups in total. The van der Waals surface area contributed by atoms with E-state index in [2.05, 4.69) is 25.7 Å². The molecule has 4 rings (SSSR count). The fourth-order valence-electron chi connectivity index (χ4n) is 2.83. The summed E-state index contributed by atoms with van der Waals surface area (Å²) in [5.74, 6) is -0.654. The van der Waals surface area contributed by atoms with Gasteiger partial charge in [-0.15, -0.1) is 0 Å². The number of hydrogen-bond donors (Lipinski definition) is 3. The summed E-state index contributed by atoms with van der Waals surface area (Å²) in [5.41, 5.74) is 5.33. The summed E-state index contributed by atoms with van der Waals surface area (Å²) in [6, 6.07) is 7.35. The van der Waals surface area contributed by atoms with E-state index in [0.717, 1.165) is 4.57 Å². The highest BCUT2D eigenvalue weighted by molar-refractivity contribution is 5.98. The van der Waals surface area contributed by atoms with Gasteiger partial charge in [0, 0.05) is 25.5 Å². The van der Waals surface area contributed by atoms with E-state index >= 15 is 0 Å². The molecule has 0 saturated carbocycles. The molecular weight excluding hydrogens is 379 g/mol. The van der Waals surface area contributed by atoms with Crippen LogP contribution in [0, 0.1) is 5.82 Å². The summed E-state index contributed by atoms with van der Waals surface area (Å²) in [7, 11) is 1.67. The number of halogens is 1. The lowest BCUT2D eigenvalue weighted by Crippen LogP contribution is -2.22. The number of amides is 1. The zero-order valence-electron chi connectivity index (χ0n) is 15.1. The number of rotatable bonds is 5. The average Bonchev–Trinajstić information content (AvgIpc) is 3.14. The largest absolute Gasteiger partial charge is 0.373 e. The standard InChI is InChI=1S/C18H15FN8O2/c1-21-14-8-13(25-16-10(15(20)28)9-23-27(14)16)24-12-5-3-7-26(18(12)29)17-11(19)4-2-6-22-17/h2-9,21H,1H3,(H2,20,28)(H,24,25). The van der Waals surface area contributed by atoms with E-state index in [4.69, 9.17) is 5.73 Å². The van der Waals surface area contributed by atoms with Crippen molar-refractivity contribution in [1.82, 2.24) is 24.1 Å². The Balaban J connectivity index is 1.81. The Morgan fingerprint density at radius 2 is 2.10 bits per heavy atom. The SMILES string of the molecule is CNc1cc(Nc2cccn(-c3ncccc3F)c2=O)nc2c(C(N)=O)cnn12. The molecule has 0 spiro atoms. The van der Waals surface area contributed by atoms with Crippen LogP contribution in [0.1, 0.15) is 10.4 Å². The van der Waals surface area contributed by atoms with E-state index in [1.54, 1.807) is 19.2 Å². The monoisotopic (exact) mass is 394 g/mol. The molecule has 146 valence electrons. The Morgan fingerprint density at radius 3 is 2.83 bits per heavy atom. The molecule has 10 nitrogen and oxygen atoms in total. The summed E-state index contributed by atoms with van der Waals surface area (Å²) in [5, 5.41) is 9.92. The van der Waals surface area contributed by atoms with Crippen LogP contribution in [0.2, 0.25) is 0 Å². The number of primary amides is 1. The Hall–Kier alpha value is -4.28. The molecule has 0 radical (unpaired) electrons. The first kappa shape index (κ1) is 18.1. The highest BCUT2D eigenvalue weighted by atomic mass is 19.1. The van der Waals surface area contributed by atoms with Gasteiger partial charge in [-0.25, -0.2) is 14.4 Å². The molecule has 11 heteroatoms. The van der Waals surface area contributed by atoms with Crippen molar-refractivity contribution in [3.05, 3.63) is 70.7 Å². The van der Waals surface area contributed by atoms with Crippen LogP contribution in [0.25, 0.3) is 11.5 Å². The van der Waals surface area contributed by atoms with Gasteiger partial charge in [-0.2, -0.15) is 9.61 Å². The molecular formula is C18H15FN8O2. The molecule has 0 aromatic carbocycles. The first-order valence-electron chi connectivity index (χ1n) is 8.45. The molecule has 4 aromatic heterocycles. The molecule has 0 aliphatic rings. The number of carbonyl (C=O) groups is 1. The van der Waals surface area contributed by atoms with E-state index in [0.29, 0.717) is 5.82 Å². The van der Waals surface area contributed by atoms with Crippen molar-refractivity contribution >= 4 is 28.9 Å².